The number of rotatable bonds is 6. The highest BCUT2D eigenvalue weighted by Gasteiger charge is 2.12. The first-order valence-electron chi connectivity index (χ1n) is 8.71. The van der Waals surface area contributed by atoms with Crippen LogP contribution in [0.25, 0.3) is 0 Å². The van der Waals surface area contributed by atoms with Crippen LogP contribution in [0.1, 0.15) is 22.3 Å². The number of aryl methyl sites for hydroxylation is 1. The SMILES string of the molecule is O=C(CCc1cccc(F)c1)Nc1cc(C(=O)Nc2ccccc2)ccc1Cl. The predicted molar refractivity (Wildman–Crippen MR) is 109 cm³/mol. The van der Waals surface area contributed by atoms with E-state index in [9.17, 15) is 14.0 Å². The van der Waals surface area contributed by atoms with Gasteiger partial charge in [-0.05, 0) is 54.4 Å². The van der Waals surface area contributed by atoms with Gasteiger partial charge in [0.15, 0.2) is 0 Å². The van der Waals surface area contributed by atoms with Gasteiger partial charge in [0.05, 0.1) is 10.7 Å². The maximum absolute atomic E-state index is 13.2. The maximum Gasteiger partial charge on any atom is 0.255 e. The Morgan fingerprint density at radius 1 is 0.893 bits per heavy atom. The van der Waals surface area contributed by atoms with Crippen LogP contribution >= 0.6 is 11.6 Å². The van der Waals surface area contributed by atoms with Crippen molar-refractivity contribution in [3.05, 3.63) is 94.8 Å². The molecule has 0 saturated carbocycles. The first-order valence-corrected chi connectivity index (χ1v) is 9.09. The number of carbonyl (C=O) groups is 2. The summed E-state index contributed by atoms with van der Waals surface area (Å²) < 4.78 is 13.2. The standard InChI is InChI=1S/C22H18ClFN2O2/c23-19-11-10-16(22(28)25-18-7-2-1-3-8-18)14-20(19)26-21(27)12-9-15-5-4-6-17(24)13-15/h1-8,10-11,13-14H,9,12H2,(H,25,28)(H,26,27). The molecule has 2 N–H and O–H groups in total. The van der Waals surface area contributed by atoms with Crippen molar-refractivity contribution < 1.29 is 14.0 Å². The lowest BCUT2D eigenvalue weighted by Crippen LogP contribution is -2.15. The highest BCUT2D eigenvalue weighted by molar-refractivity contribution is 6.34. The summed E-state index contributed by atoms with van der Waals surface area (Å²) in [5, 5.41) is 5.82. The number of amides is 2. The van der Waals surface area contributed by atoms with Crippen LogP contribution in [0, 0.1) is 5.82 Å². The molecule has 0 bridgehead atoms. The van der Waals surface area contributed by atoms with Gasteiger partial charge in [-0.1, -0.05) is 41.9 Å². The van der Waals surface area contributed by atoms with Crippen LogP contribution in [0.15, 0.2) is 72.8 Å². The summed E-state index contributed by atoms with van der Waals surface area (Å²) in [5.41, 5.74) is 2.13. The molecule has 0 aliphatic carbocycles. The lowest BCUT2D eigenvalue weighted by molar-refractivity contribution is -0.116. The molecule has 6 heteroatoms. The van der Waals surface area contributed by atoms with Gasteiger partial charge >= 0.3 is 0 Å². The van der Waals surface area contributed by atoms with Crippen LogP contribution in [0.3, 0.4) is 0 Å². The molecular formula is C22H18ClFN2O2. The molecule has 0 unspecified atom stereocenters. The fourth-order valence-electron chi connectivity index (χ4n) is 2.65. The van der Waals surface area contributed by atoms with Gasteiger partial charge in [-0.25, -0.2) is 4.39 Å². The zero-order valence-corrected chi connectivity index (χ0v) is 15.7. The minimum Gasteiger partial charge on any atom is -0.325 e. The molecule has 0 saturated heterocycles. The van der Waals surface area contributed by atoms with E-state index in [0.29, 0.717) is 28.4 Å². The molecule has 3 aromatic rings. The number of para-hydroxylation sites is 1. The number of hydrogen-bond acceptors (Lipinski definition) is 2. The zero-order valence-electron chi connectivity index (χ0n) is 14.9. The Morgan fingerprint density at radius 3 is 2.43 bits per heavy atom. The average molecular weight is 397 g/mol. The number of carbonyl (C=O) groups excluding carboxylic acids is 2. The third kappa shape index (κ3) is 5.41. The van der Waals surface area contributed by atoms with E-state index < -0.39 is 0 Å². The molecule has 4 nitrogen and oxygen atoms in total. The Morgan fingerprint density at radius 2 is 1.68 bits per heavy atom. The summed E-state index contributed by atoms with van der Waals surface area (Å²) in [5.74, 6) is -0.914. The summed E-state index contributed by atoms with van der Waals surface area (Å²) in [6, 6.07) is 19.9. The maximum atomic E-state index is 13.2. The number of benzene rings is 3. The fraction of sp³-hybridized carbons (Fsp3) is 0.0909. The Labute approximate surface area is 167 Å². The van der Waals surface area contributed by atoms with Gasteiger partial charge in [0.1, 0.15) is 5.82 Å². The summed E-state index contributed by atoms with van der Waals surface area (Å²) in [7, 11) is 0. The fourth-order valence-corrected chi connectivity index (χ4v) is 2.81. The summed E-state index contributed by atoms with van der Waals surface area (Å²) in [6.07, 6.45) is 0.565. The van der Waals surface area contributed by atoms with E-state index in [1.54, 1.807) is 36.4 Å². The molecule has 0 fully saturated rings. The highest BCUT2D eigenvalue weighted by Crippen LogP contribution is 2.24. The molecule has 0 heterocycles. The molecule has 3 rings (SSSR count). The first kappa shape index (κ1) is 19.6. The average Bonchev–Trinajstić information content (AvgIpc) is 2.69. The van der Waals surface area contributed by atoms with Crippen molar-refractivity contribution in [1.82, 2.24) is 0 Å². The zero-order chi connectivity index (χ0) is 19.9. The van der Waals surface area contributed by atoms with Crippen molar-refractivity contribution in [2.75, 3.05) is 10.6 Å². The molecule has 0 spiro atoms. The smallest absolute Gasteiger partial charge is 0.255 e. The minimum atomic E-state index is -0.335. The van der Waals surface area contributed by atoms with Gasteiger partial charge in [0.2, 0.25) is 5.91 Å². The number of nitrogens with one attached hydrogen (secondary N) is 2. The Balaban J connectivity index is 1.64. The first-order chi connectivity index (χ1) is 13.5. The van der Waals surface area contributed by atoms with Crippen LogP contribution in [0.4, 0.5) is 15.8 Å². The molecule has 2 amide bonds. The second kappa shape index (κ2) is 9.15. The Kier molecular flexibility index (Phi) is 6.40. The Hall–Kier alpha value is -3.18. The topological polar surface area (TPSA) is 58.2 Å². The number of halogens is 2. The van der Waals surface area contributed by atoms with Gasteiger partial charge in [-0.2, -0.15) is 0 Å². The van der Waals surface area contributed by atoms with Crippen LogP contribution < -0.4 is 10.6 Å². The van der Waals surface area contributed by atoms with Crippen molar-refractivity contribution in [3.8, 4) is 0 Å². The summed E-state index contributed by atoms with van der Waals surface area (Å²) in [4.78, 5) is 24.6. The lowest BCUT2D eigenvalue weighted by atomic mass is 10.1. The van der Waals surface area contributed by atoms with E-state index in [-0.39, 0.29) is 24.1 Å². The van der Waals surface area contributed by atoms with Gasteiger partial charge in [0, 0.05) is 17.7 Å². The monoisotopic (exact) mass is 396 g/mol. The second-order valence-corrected chi connectivity index (χ2v) is 6.60. The van der Waals surface area contributed by atoms with Crippen LogP contribution in [0.2, 0.25) is 5.02 Å². The highest BCUT2D eigenvalue weighted by atomic mass is 35.5. The van der Waals surface area contributed by atoms with E-state index in [4.69, 9.17) is 11.6 Å². The second-order valence-electron chi connectivity index (χ2n) is 6.19. The lowest BCUT2D eigenvalue weighted by Gasteiger charge is -2.10. The van der Waals surface area contributed by atoms with Crippen molar-refractivity contribution in [2.45, 2.75) is 12.8 Å². The minimum absolute atomic E-state index is 0.167. The summed E-state index contributed by atoms with van der Waals surface area (Å²) in [6.45, 7) is 0. The van der Waals surface area contributed by atoms with E-state index in [0.717, 1.165) is 5.56 Å². The van der Waals surface area contributed by atoms with E-state index in [1.807, 2.05) is 18.2 Å². The summed E-state index contributed by atoms with van der Waals surface area (Å²) >= 11 is 6.15. The molecule has 0 aliphatic heterocycles. The number of anilines is 2. The predicted octanol–water partition coefficient (Wildman–Crippen LogP) is 5.30. The van der Waals surface area contributed by atoms with Crippen molar-refractivity contribution >= 4 is 34.8 Å². The Bertz CT molecular complexity index is 993. The molecule has 142 valence electrons. The van der Waals surface area contributed by atoms with Gasteiger partial charge in [-0.15, -0.1) is 0 Å². The van der Waals surface area contributed by atoms with E-state index in [1.165, 1.54) is 18.2 Å². The normalized spacial score (nSPS) is 10.4. The number of hydrogen-bond donors (Lipinski definition) is 2. The van der Waals surface area contributed by atoms with Crippen molar-refractivity contribution in [3.63, 3.8) is 0 Å². The molecule has 3 aromatic carbocycles. The third-order valence-electron chi connectivity index (χ3n) is 4.06. The molecule has 0 radical (unpaired) electrons. The van der Waals surface area contributed by atoms with Gasteiger partial charge < -0.3 is 10.6 Å². The quantitative estimate of drug-likeness (QED) is 0.593. The van der Waals surface area contributed by atoms with E-state index in [2.05, 4.69) is 10.6 Å². The molecular weight excluding hydrogens is 379 g/mol. The molecule has 0 aliphatic rings. The van der Waals surface area contributed by atoms with Gasteiger partial charge in [0.25, 0.3) is 5.91 Å². The van der Waals surface area contributed by atoms with Crippen LogP contribution in [-0.4, -0.2) is 11.8 Å². The molecule has 28 heavy (non-hydrogen) atoms. The van der Waals surface area contributed by atoms with Crippen molar-refractivity contribution in [1.29, 1.82) is 0 Å². The third-order valence-corrected chi connectivity index (χ3v) is 4.39. The van der Waals surface area contributed by atoms with E-state index >= 15 is 0 Å². The van der Waals surface area contributed by atoms with Crippen LogP contribution in [0.5, 0.6) is 0 Å². The largest absolute Gasteiger partial charge is 0.325 e. The van der Waals surface area contributed by atoms with Crippen molar-refractivity contribution in [2.24, 2.45) is 0 Å². The molecule has 0 atom stereocenters. The van der Waals surface area contributed by atoms with Gasteiger partial charge in [-0.3, -0.25) is 9.59 Å². The molecule has 0 aromatic heterocycles. The van der Waals surface area contributed by atoms with Crippen LogP contribution in [-0.2, 0) is 11.2 Å².